The molecule has 68 valence electrons. The molecule has 1 heterocycles. The van der Waals surface area contributed by atoms with Crippen LogP contribution >= 0.6 is 15.9 Å². The Morgan fingerprint density at radius 2 is 2.46 bits per heavy atom. The number of halogens is 1. The lowest BCUT2D eigenvalue weighted by Gasteiger charge is -2.14. The Labute approximate surface area is 85.2 Å². The second kappa shape index (κ2) is 4.18. The van der Waals surface area contributed by atoms with Crippen molar-refractivity contribution in [3.8, 4) is 0 Å². The summed E-state index contributed by atoms with van der Waals surface area (Å²) < 4.78 is 0.785. The van der Waals surface area contributed by atoms with Crippen LogP contribution in [0.15, 0.2) is 35.5 Å². The van der Waals surface area contributed by atoms with Crippen LogP contribution in [0.4, 0.5) is 5.82 Å². The van der Waals surface area contributed by atoms with Crippen molar-refractivity contribution in [1.29, 1.82) is 0 Å². The molecule has 0 saturated heterocycles. The first-order valence-electron chi connectivity index (χ1n) is 3.67. The monoisotopic (exact) mass is 240 g/mol. The van der Waals surface area contributed by atoms with E-state index in [9.17, 15) is 4.79 Å². The fraction of sp³-hybridized carbons (Fsp3) is 0.111. The molecule has 0 fully saturated rings. The molecule has 3 nitrogen and oxygen atoms in total. The van der Waals surface area contributed by atoms with E-state index in [0.29, 0.717) is 5.82 Å². The smallest absolute Gasteiger partial charge is 0.251 e. The summed E-state index contributed by atoms with van der Waals surface area (Å²) in [7, 11) is 1.65. The lowest BCUT2D eigenvalue weighted by Crippen LogP contribution is -2.25. The maximum absolute atomic E-state index is 11.2. The van der Waals surface area contributed by atoms with Crippen LogP contribution in [0.5, 0.6) is 0 Å². The molecule has 1 rings (SSSR count). The summed E-state index contributed by atoms with van der Waals surface area (Å²) in [4.78, 5) is 16.7. The first kappa shape index (κ1) is 9.92. The Hall–Kier alpha value is -1.16. The molecule has 0 radical (unpaired) electrons. The van der Waals surface area contributed by atoms with Crippen molar-refractivity contribution in [2.75, 3.05) is 11.9 Å². The van der Waals surface area contributed by atoms with Crippen molar-refractivity contribution >= 4 is 27.7 Å². The number of anilines is 1. The van der Waals surface area contributed by atoms with Crippen LogP contribution in [0.1, 0.15) is 0 Å². The molecule has 1 amide bonds. The van der Waals surface area contributed by atoms with E-state index in [4.69, 9.17) is 0 Å². The lowest BCUT2D eigenvalue weighted by atomic mass is 10.4. The molecule has 13 heavy (non-hydrogen) atoms. The van der Waals surface area contributed by atoms with Gasteiger partial charge in [-0.1, -0.05) is 6.58 Å². The molecule has 1 aromatic rings. The molecule has 0 aliphatic heterocycles. The van der Waals surface area contributed by atoms with Gasteiger partial charge in [0, 0.05) is 13.2 Å². The number of pyridine rings is 1. The average Bonchev–Trinajstić information content (AvgIpc) is 2.16. The molecule has 0 saturated carbocycles. The summed E-state index contributed by atoms with van der Waals surface area (Å²) in [5, 5.41) is 0. The molecule has 0 unspecified atom stereocenters. The summed E-state index contributed by atoms with van der Waals surface area (Å²) in [6.07, 6.45) is 2.88. The summed E-state index contributed by atoms with van der Waals surface area (Å²) in [5.74, 6) is 0.409. The minimum Gasteiger partial charge on any atom is -0.295 e. The van der Waals surface area contributed by atoms with Gasteiger partial charge in [0.2, 0.25) is 0 Å². The van der Waals surface area contributed by atoms with E-state index in [1.165, 1.54) is 11.0 Å². The van der Waals surface area contributed by atoms with Gasteiger partial charge >= 0.3 is 0 Å². The highest BCUT2D eigenvalue weighted by atomic mass is 79.9. The van der Waals surface area contributed by atoms with Crippen molar-refractivity contribution in [3.05, 3.63) is 35.5 Å². The van der Waals surface area contributed by atoms with Crippen molar-refractivity contribution in [1.82, 2.24) is 4.98 Å². The van der Waals surface area contributed by atoms with Gasteiger partial charge in [0.25, 0.3) is 5.91 Å². The Morgan fingerprint density at radius 1 is 1.77 bits per heavy atom. The summed E-state index contributed by atoms with van der Waals surface area (Å²) in [6, 6.07) is 3.62. The number of carbonyl (C=O) groups excluding carboxylic acids is 1. The zero-order chi connectivity index (χ0) is 9.84. The van der Waals surface area contributed by atoms with Crippen LogP contribution in [0.3, 0.4) is 0 Å². The molecular weight excluding hydrogens is 232 g/mol. The number of likely N-dealkylation sites (N-methyl/N-ethyl adjacent to an activating group) is 1. The van der Waals surface area contributed by atoms with Gasteiger partial charge in [0.1, 0.15) is 5.82 Å². The number of aromatic nitrogens is 1. The highest BCUT2D eigenvalue weighted by molar-refractivity contribution is 9.10. The summed E-state index contributed by atoms with van der Waals surface area (Å²) in [5.41, 5.74) is 0. The maximum atomic E-state index is 11.2. The van der Waals surface area contributed by atoms with Gasteiger partial charge in [-0.3, -0.25) is 9.69 Å². The highest BCUT2D eigenvalue weighted by Crippen LogP contribution is 2.21. The molecule has 1 aromatic heterocycles. The van der Waals surface area contributed by atoms with E-state index in [1.54, 1.807) is 19.3 Å². The topological polar surface area (TPSA) is 33.2 Å². The van der Waals surface area contributed by atoms with Crippen molar-refractivity contribution < 1.29 is 4.79 Å². The van der Waals surface area contributed by atoms with Crippen LogP contribution in [0, 0.1) is 0 Å². The number of rotatable bonds is 2. The normalized spacial score (nSPS) is 9.38. The quantitative estimate of drug-likeness (QED) is 0.742. The largest absolute Gasteiger partial charge is 0.295 e. The molecule has 0 aliphatic carbocycles. The van der Waals surface area contributed by atoms with Crippen LogP contribution in [0.2, 0.25) is 0 Å². The molecule has 0 aliphatic rings. The molecule has 0 atom stereocenters. The van der Waals surface area contributed by atoms with Gasteiger partial charge in [-0.25, -0.2) is 4.98 Å². The number of amides is 1. The molecule has 0 spiro atoms. The van der Waals surface area contributed by atoms with Crippen LogP contribution in [-0.4, -0.2) is 17.9 Å². The Balaban J connectivity index is 3.01. The van der Waals surface area contributed by atoms with E-state index >= 15 is 0 Å². The third-order valence-electron chi connectivity index (χ3n) is 1.56. The molecule has 0 N–H and O–H groups in total. The Bertz CT molecular complexity index is 338. The van der Waals surface area contributed by atoms with Gasteiger partial charge in [-0.2, -0.15) is 0 Å². The van der Waals surface area contributed by atoms with E-state index in [0.717, 1.165) is 4.47 Å². The fourth-order valence-corrected chi connectivity index (χ4v) is 1.39. The maximum Gasteiger partial charge on any atom is 0.251 e. The van der Waals surface area contributed by atoms with Gasteiger partial charge in [0.05, 0.1) is 4.47 Å². The number of hydrogen-bond acceptors (Lipinski definition) is 2. The lowest BCUT2D eigenvalue weighted by molar-refractivity contribution is -0.113. The van der Waals surface area contributed by atoms with E-state index in [-0.39, 0.29) is 5.91 Å². The van der Waals surface area contributed by atoms with Crippen LogP contribution < -0.4 is 4.90 Å². The predicted octanol–water partition coefficient (Wildman–Crippen LogP) is 1.99. The van der Waals surface area contributed by atoms with Gasteiger partial charge in [-0.15, -0.1) is 0 Å². The van der Waals surface area contributed by atoms with E-state index in [1.807, 2.05) is 6.07 Å². The molecule has 4 heteroatoms. The zero-order valence-electron chi connectivity index (χ0n) is 7.20. The van der Waals surface area contributed by atoms with Gasteiger partial charge < -0.3 is 0 Å². The summed E-state index contributed by atoms with van der Waals surface area (Å²) in [6.45, 7) is 3.40. The zero-order valence-corrected chi connectivity index (χ0v) is 8.78. The number of carbonyl (C=O) groups is 1. The van der Waals surface area contributed by atoms with Crippen molar-refractivity contribution in [2.45, 2.75) is 0 Å². The second-order valence-corrected chi connectivity index (χ2v) is 3.26. The van der Waals surface area contributed by atoms with E-state index < -0.39 is 0 Å². The first-order chi connectivity index (χ1) is 6.16. The standard InChI is InChI=1S/C9H9BrN2O/c1-3-8(13)12(2)9-7(10)5-4-6-11-9/h3-6H,1H2,2H3. The van der Waals surface area contributed by atoms with Crippen molar-refractivity contribution in [2.24, 2.45) is 0 Å². The second-order valence-electron chi connectivity index (χ2n) is 2.41. The molecule has 0 aromatic carbocycles. The minimum atomic E-state index is -0.181. The first-order valence-corrected chi connectivity index (χ1v) is 4.46. The van der Waals surface area contributed by atoms with E-state index in [2.05, 4.69) is 27.5 Å². The Morgan fingerprint density at radius 3 is 3.00 bits per heavy atom. The highest BCUT2D eigenvalue weighted by Gasteiger charge is 2.10. The summed E-state index contributed by atoms with van der Waals surface area (Å²) >= 11 is 3.30. The van der Waals surface area contributed by atoms with Crippen molar-refractivity contribution in [3.63, 3.8) is 0 Å². The fourth-order valence-electron chi connectivity index (χ4n) is 0.865. The Kier molecular flexibility index (Phi) is 3.19. The van der Waals surface area contributed by atoms with Gasteiger partial charge in [-0.05, 0) is 34.1 Å². The predicted molar refractivity (Wildman–Crippen MR) is 55.5 cm³/mol. The third-order valence-corrected chi connectivity index (χ3v) is 2.18. The molecule has 0 bridgehead atoms. The molecular formula is C9H9BrN2O. The van der Waals surface area contributed by atoms with Gasteiger partial charge in [0.15, 0.2) is 0 Å². The minimum absolute atomic E-state index is 0.181. The number of nitrogens with zero attached hydrogens (tertiary/aromatic N) is 2. The van der Waals surface area contributed by atoms with Crippen LogP contribution in [0.25, 0.3) is 0 Å². The third kappa shape index (κ3) is 2.15. The SMILES string of the molecule is C=CC(=O)N(C)c1ncccc1Br. The van der Waals surface area contributed by atoms with Crippen LogP contribution in [-0.2, 0) is 4.79 Å². The number of hydrogen-bond donors (Lipinski definition) is 0. The average molecular weight is 241 g/mol.